The van der Waals surface area contributed by atoms with Crippen LogP contribution in [0.1, 0.15) is 45.6 Å². The molecular formula is C29H36O2Si. The van der Waals surface area contributed by atoms with Crippen molar-refractivity contribution in [3.63, 3.8) is 0 Å². The lowest BCUT2D eigenvalue weighted by molar-refractivity contribution is 0.289. The first-order valence-electron chi connectivity index (χ1n) is 11.5. The third-order valence-electron chi connectivity index (χ3n) is 5.94. The van der Waals surface area contributed by atoms with Gasteiger partial charge in [-0.05, 0) is 40.7 Å². The van der Waals surface area contributed by atoms with E-state index in [9.17, 15) is 0 Å². The maximum absolute atomic E-state index is 6.96. The van der Waals surface area contributed by atoms with E-state index in [-0.39, 0.29) is 5.04 Å². The van der Waals surface area contributed by atoms with E-state index in [0.29, 0.717) is 0 Å². The molecule has 32 heavy (non-hydrogen) atoms. The Morgan fingerprint density at radius 2 is 1.31 bits per heavy atom. The summed E-state index contributed by atoms with van der Waals surface area (Å²) in [5.74, 6) is 0.916. The minimum absolute atomic E-state index is 0.0273. The molecule has 0 aliphatic rings. The molecule has 3 aromatic carbocycles. The van der Waals surface area contributed by atoms with Gasteiger partial charge in [-0.15, -0.1) is 0 Å². The van der Waals surface area contributed by atoms with Crippen molar-refractivity contribution in [2.75, 3.05) is 13.7 Å². The molecule has 0 radical (unpaired) electrons. The third kappa shape index (κ3) is 5.59. The first-order chi connectivity index (χ1) is 15.5. The van der Waals surface area contributed by atoms with Crippen molar-refractivity contribution in [1.29, 1.82) is 0 Å². The smallest absolute Gasteiger partial charge is 0.261 e. The molecule has 2 nitrogen and oxygen atoms in total. The summed E-state index contributed by atoms with van der Waals surface area (Å²) >= 11 is 0. The summed E-state index contributed by atoms with van der Waals surface area (Å²) in [7, 11) is -0.700. The van der Waals surface area contributed by atoms with Crippen LogP contribution in [-0.4, -0.2) is 22.0 Å². The Hall–Kier alpha value is -2.62. The van der Waals surface area contributed by atoms with Gasteiger partial charge >= 0.3 is 0 Å². The number of rotatable bonds is 10. The van der Waals surface area contributed by atoms with E-state index in [2.05, 4.69) is 99.7 Å². The van der Waals surface area contributed by atoms with Gasteiger partial charge in [0, 0.05) is 12.2 Å². The fourth-order valence-corrected chi connectivity index (χ4v) is 8.97. The molecule has 0 N–H and O–H groups in total. The lowest BCUT2D eigenvalue weighted by Crippen LogP contribution is -2.66. The van der Waals surface area contributed by atoms with Crippen molar-refractivity contribution in [3.8, 4) is 5.75 Å². The molecule has 0 unspecified atom stereocenters. The molecule has 3 rings (SSSR count). The highest BCUT2D eigenvalue weighted by molar-refractivity contribution is 6.99. The van der Waals surface area contributed by atoms with Crippen LogP contribution in [0.3, 0.4) is 0 Å². The number of methoxy groups -OCH3 is 1. The highest BCUT2D eigenvalue weighted by Gasteiger charge is 2.49. The Labute approximate surface area is 195 Å². The molecule has 0 spiro atoms. The van der Waals surface area contributed by atoms with Crippen LogP contribution < -0.4 is 15.1 Å². The maximum Gasteiger partial charge on any atom is 0.261 e. The monoisotopic (exact) mass is 444 g/mol. The number of para-hydroxylation sites is 1. The van der Waals surface area contributed by atoms with E-state index in [1.54, 1.807) is 7.11 Å². The van der Waals surface area contributed by atoms with Crippen LogP contribution >= 0.6 is 0 Å². The zero-order chi connectivity index (χ0) is 22.9. The summed E-state index contributed by atoms with van der Waals surface area (Å²) < 4.78 is 12.4. The van der Waals surface area contributed by atoms with Crippen LogP contribution in [0.5, 0.6) is 5.75 Å². The first kappa shape index (κ1) is 24.0. The lowest BCUT2D eigenvalue weighted by atomic mass is 10.1. The topological polar surface area (TPSA) is 18.5 Å². The SMILES string of the molecule is COc1ccccc1/C=C/CCCCO[Si](c1ccccc1)(c1ccccc1)C(C)(C)C. The Balaban J connectivity index is 1.68. The molecule has 0 aromatic heterocycles. The van der Waals surface area contributed by atoms with E-state index < -0.39 is 8.32 Å². The Kier molecular flexibility index (Phi) is 8.49. The van der Waals surface area contributed by atoms with Gasteiger partial charge in [-0.25, -0.2) is 0 Å². The number of unbranched alkanes of at least 4 members (excludes halogenated alkanes) is 2. The van der Waals surface area contributed by atoms with Gasteiger partial charge in [-0.2, -0.15) is 0 Å². The zero-order valence-electron chi connectivity index (χ0n) is 19.9. The second-order valence-corrected chi connectivity index (χ2v) is 13.5. The standard InChI is InChI=1S/C29H36O2Si/c1-29(2,3)32(26-19-10-7-11-20-26,27-21-12-8-13-22-27)31-24-16-6-5-9-17-25-18-14-15-23-28(25)30-4/h7-15,17-23H,5-6,16,24H2,1-4H3/b17-9+. The van der Waals surface area contributed by atoms with Crippen molar-refractivity contribution >= 4 is 24.8 Å². The highest BCUT2D eigenvalue weighted by Crippen LogP contribution is 2.36. The molecule has 0 fully saturated rings. The molecule has 0 amide bonds. The summed E-state index contributed by atoms with van der Waals surface area (Å²) in [5, 5.41) is 2.71. The summed E-state index contributed by atoms with van der Waals surface area (Å²) in [5.41, 5.74) is 1.12. The predicted molar refractivity (Wildman–Crippen MR) is 139 cm³/mol. The third-order valence-corrected chi connectivity index (χ3v) is 11.0. The Morgan fingerprint density at radius 1 is 0.750 bits per heavy atom. The molecular weight excluding hydrogens is 408 g/mol. The van der Waals surface area contributed by atoms with Gasteiger partial charge in [0.2, 0.25) is 0 Å². The maximum atomic E-state index is 6.96. The first-order valence-corrected chi connectivity index (χ1v) is 13.4. The van der Waals surface area contributed by atoms with Gasteiger partial charge < -0.3 is 9.16 Å². The van der Waals surface area contributed by atoms with Crippen molar-refractivity contribution < 1.29 is 9.16 Å². The van der Waals surface area contributed by atoms with Gasteiger partial charge in [-0.3, -0.25) is 0 Å². The van der Waals surface area contributed by atoms with Crippen LogP contribution in [0.4, 0.5) is 0 Å². The molecule has 3 aromatic rings. The van der Waals surface area contributed by atoms with Crippen LogP contribution in [0.15, 0.2) is 91.0 Å². The molecule has 3 heteroatoms. The van der Waals surface area contributed by atoms with Gasteiger partial charge in [-0.1, -0.05) is 112 Å². The Morgan fingerprint density at radius 3 is 1.88 bits per heavy atom. The number of ether oxygens (including phenoxy) is 1. The van der Waals surface area contributed by atoms with E-state index in [1.807, 2.05) is 18.2 Å². The second-order valence-electron chi connectivity index (χ2n) is 9.15. The van der Waals surface area contributed by atoms with E-state index in [1.165, 1.54) is 10.4 Å². The van der Waals surface area contributed by atoms with Crippen LogP contribution in [-0.2, 0) is 4.43 Å². The van der Waals surface area contributed by atoms with E-state index in [4.69, 9.17) is 9.16 Å². The van der Waals surface area contributed by atoms with E-state index in [0.717, 1.165) is 37.2 Å². The molecule has 0 aliphatic heterocycles. The van der Waals surface area contributed by atoms with Crippen molar-refractivity contribution in [1.82, 2.24) is 0 Å². The van der Waals surface area contributed by atoms with Crippen LogP contribution in [0.25, 0.3) is 6.08 Å². The highest BCUT2D eigenvalue weighted by atomic mass is 28.4. The molecule has 0 atom stereocenters. The minimum Gasteiger partial charge on any atom is -0.496 e. The largest absolute Gasteiger partial charge is 0.496 e. The summed E-state index contributed by atoms with van der Waals surface area (Å²) in [6.45, 7) is 7.76. The zero-order valence-corrected chi connectivity index (χ0v) is 20.9. The molecule has 0 bridgehead atoms. The van der Waals surface area contributed by atoms with Crippen LogP contribution in [0.2, 0.25) is 5.04 Å². The fourth-order valence-electron chi connectivity index (χ4n) is 4.37. The summed E-state index contributed by atoms with van der Waals surface area (Å²) in [4.78, 5) is 0. The predicted octanol–water partition coefficient (Wildman–Crippen LogP) is 6.46. The van der Waals surface area contributed by atoms with Gasteiger partial charge in [0.25, 0.3) is 8.32 Å². The van der Waals surface area contributed by atoms with Crippen molar-refractivity contribution in [3.05, 3.63) is 96.6 Å². The molecule has 0 heterocycles. The second kappa shape index (κ2) is 11.3. The van der Waals surface area contributed by atoms with Crippen LogP contribution in [0, 0.1) is 0 Å². The average molecular weight is 445 g/mol. The fraction of sp³-hybridized carbons (Fsp3) is 0.310. The van der Waals surface area contributed by atoms with Gasteiger partial charge in [0.15, 0.2) is 0 Å². The molecule has 0 aliphatic carbocycles. The summed E-state index contributed by atoms with van der Waals surface area (Å²) in [6, 6.07) is 29.8. The van der Waals surface area contributed by atoms with Gasteiger partial charge in [0.1, 0.15) is 5.75 Å². The normalized spacial score (nSPS) is 12.2. The van der Waals surface area contributed by atoms with Crippen molar-refractivity contribution in [2.45, 2.75) is 45.1 Å². The molecule has 168 valence electrons. The van der Waals surface area contributed by atoms with E-state index >= 15 is 0 Å². The van der Waals surface area contributed by atoms with Gasteiger partial charge in [0.05, 0.1) is 7.11 Å². The number of hydrogen-bond donors (Lipinski definition) is 0. The summed E-state index contributed by atoms with van der Waals surface area (Å²) in [6.07, 6.45) is 7.56. The number of allylic oxidation sites excluding steroid dienone is 1. The number of benzene rings is 3. The van der Waals surface area contributed by atoms with Crippen molar-refractivity contribution in [2.24, 2.45) is 0 Å². The lowest BCUT2D eigenvalue weighted by Gasteiger charge is -2.43. The Bertz CT molecular complexity index is 935. The number of hydrogen-bond acceptors (Lipinski definition) is 2. The quantitative estimate of drug-likeness (QED) is 0.264. The minimum atomic E-state index is -2.42. The molecule has 0 saturated carbocycles. The average Bonchev–Trinajstić information content (AvgIpc) is 2.81. The molecule has 0 saturated heterocycles.